The minimum Gasteiger partial charge on any atom is -0.462 e. The van der Waals surface area contributed by atoms with Gasteiger partial charge in [0.15, 0.2) is 0 Å². The van der Waals surface area contributed by atoms with Crippen LogP contribution in [0.5, 0.6) is 0 Å². The molecular weight excluding hydrogens is 779 g/mol. The van der Waals surface area contributed by atoms with Crippen molar-refractivity contribution in [2.45, 2.75) is 244 Å². The third-order valence-corrected chi connectivity index (χ3v) is 11.2. The maximum atomic E-state index is 13.2. The zero-order chi connectivity index (χ0) is 45.9. The van der Waals surface area contributed by atoms with Crippen LogP contribution in [0.1, 0.15) is 226 Å². The molecule has 360 valence electrons. The molecule has 1 amide bonds. The van der Waals surface area contributed by atoms with Crippen molar-refractivity contribution in [2.75, 3.05) is 6.61 Å². The Labute approximate surface area is 388 Å². The normalized spacial score (nSPS) is 14.0. The van der Waals surface area contributed by atoms with Gasteiger partial charge in [0.1, 0.15) is 6.10 Å². The van der Waals surface area contributed by atoms with Crippen LogP contribution in [0.25, 0.3) is 0 Å². The average Bonchev–Trinajstić information content (AvgIpc) is 3.28. The topological polar surface area (TPSA) is 95.9 Å². The standard InChI is InChI=1S/C57H97NO5/c1-4-7-10-13-16-19-21-23-25-27-28-29-31-33-35-38-41-44-47-50-57(62)63-53(48-45-42-39-37-34-32-30-26-24-22-20-17-14-11-8-5-2)51-56(61)58-54(52-59)55(60)49-46-43-40-36-18-15-12-9-6-3/h11,14,16-17,19-20,22-26,28-30,32,34,53-55,59-60H,4-10,12-13,15,18,21,27,31,33,35-52H2,1-3H3,(H,58,61)/b14-11+,19-16-,20-17+,24-22+,25-23-,29-28-,30-26+,34-32+. The molecule has 0 aliphatic carbocycles. The summed E-state index contributed by atoms with van der Waals surface area (Å²) in [4.78, 5) is 26.1. The number of allylic oxidation sites excluding steroid dienone is 16. The summed E-state index contributed by atoms with van der Waals surface area (Å²) in [6, 6.07) is -0.723. The van der Waals surface area contributed by atoms with Crippen LogP contribution < -0.4 is 5.32 Å². The van der Waals surface area contributed by atoms with E-state index < -0.39 is 18.2 Å². The first-order valence-corrected chi connectivity index (χ1v) is 26.0. The lowest BCUT2D eigenvalue weighted by molar-refractivity contribution is -0.151. The molecule has 0 saturated carbocycles. The van der Waals surface area contributed by atoms with Crippen molar-refractivity contribution in [3.63, 3.8) is 0 Å². The van der Waals surface area contributed by atoms with Crippen molar-refractivity contribution in [2.24, 2.45) is 0 Å². The maximum Gasteiger partial charge on any atom is 0.306 e. The van der Waals surface area contributed by atoms with Gasteiger partial charge >= 0.3 is 5.97 Å². The molecule has 0 aromatic rings. The zero-order valence-electron chi connectivity index (χ0n) is 40.9. The molecular formula is C57H97NO5. The Kier molecular flexibility index (Phi) is 47.2. The number of nitrogens with one attached hydrogen (secondary N) is 1. The molecule has 0 spiro atoms. The molecule has 0 bridgehead atoms. The summed E-state index contributed by atoms with van der Waals surface area (Å²) in [5.41, 5.74) is 0. The Hall–Kier alpha value is -3.22. The van der Waals surface area contributed by atoms with Gasteiger partial charge in [0.25, 0.3) is 0 Å². The van der Waals surface area contributed by atoms with Crippen LogP contribution in [0.2, 0.25) is 0 Å². The Balaban J connectivity index is 4.69. The van der Waals surface area contributed by atoms with Crippen molar-refractivity contribution in [3.8, 4) is 0 Å². The van der Waals surface area contributed by atoms with Crippen LogP contribution in [0, 0.1) is 0 Å². The quantitative estimate of drug-likeness (QED) is 0.0245. The third kappa shape index (κ3) is 45.2. The Morgan fingerprint density at radius 2 is 0.905 bits per heavy atom. The van der Waals surface area contributed by atoms with Gasteiger partial charge in [-0.15, -0.1) is 0 Å². The largest absolute Gasteiger partial charge is 0.462 e. The number of esters is 1. The number of aliphatic hydroxyl groups excluding tert-OH is 2. The van der Waals surface area contributed by atoms with Gasteiger partial charge < -0.3 is 20.3 Å². The van der Waals surface area contributed by atoms with Gasteiger partial charge in [0.05, 0.1) is 25.2 Å². The first-order chi connectivity index (χ1) is 31.0. The third-order valence-electron chi connectivity index (χ3n) is 11.2. The molecule has 0 fully saturated rings. The van der Waals surface area contributed by atoms with E-state index in [9.17, 15) is 19.8 Å². The second-order valence-electron chi connectivity index (χ2n) is 17.3. The number of hydrogen-bond donors (Lipinski definition) is 3. The van der Waals surface area contributed by atoms with Gasteiger partial charge in [-0.05, 0) is 83.5 Å². The summed E-state index contributed by atoms with van der Waals surface area (Å²) in [5, 5.41) is 23.7. The highest BCUT2D eigenvalue weighted by Crippen LogP contribution is 2.17. The fourth-order valence-electron chi connectivity index (χ4n) is 7.29. The first-order valence-electron chi connectivity index (χ1n) is 26.0. The number of ether oxygens (including phenoxy) is 1. The van der Waals surface area contributed by atoms with Crippen LogP contribution in [-0.4, -0.2) is 46.9 Å². The summed E-state index contributed by atoms with van der Waals surface area (Å²) >= 11 is 0. The number of carbonyl (C=O) groups is 2. The van der Waals surface area contributed by atoms with Crippen molar-refractivity contribution < 1.29 is 24.5 Å². The van der Waals surface area contributed by atoms with Crippen molar-refractivity contribution >= 4 is 11.9 Å². The Morgan fingerprint density at radius 1 is 0.476 bits per heavy atom. The molecule has 0 aromatic carbocycles. The lowest BCUT2D eigenvalue weighted by Gasteiger charge is -2.24. The molecule has 0 aliphatic heterocycles. The van der Waals surface area contributed by atoms with Gasteiger partial charge in [0.2, 0.25) is 5.91 Å². The number of rotatable bonds is 45. The van der Waals surface area contributed by atoms with Crippen molar-refractivity contribution in [3.05, 3.63) is 97.2 Å². The smallest absolute Gasteiger partial charge is 0.306 e. The van der Waals surface area contributed by atoms with E-state index in [2.05, 4.69) is 86.8 Å². The molecule has 0 heterocycles. The number of carbonyl (C=O) groups excluding carboxylic acids is 2. The molecule has 3 unspecified atom stereocenters. The van der Waals surface area contributed by atoms with Gasteiger partial charge in [0, 0.05) is 6.42 Å². The van der Waals surface area contributed by atoms with Crippen LogP contribution in [-0.2, 0) is 14.3 Å². The fourth-order valence-corrected chi connectivity index (χ4v) is 7.29. The predicted octanol–water partition coefficient (Wildman–Crippen LogP) is 15.7. The maximum absolute atomic E-state index is 13.2. The molecule has 0 radical (unpaired) electrons. The van der Waals surface area contributed by atoms with Gasteiger partial charge in [-0.3, -0.25) is 9.59 Å². The van der Waals surface area contributed by atoms with Crippen LogP contribution in [0.4, 0.5) is 0 Å². The van der Waals surface area contributed by atoms with E-state index in [0.717, 1.165) is 89.9 Å². The first kappa shape index (κ1) is 59.8. The lowest BCUT2D eigenvalue weighted by Crippen LogP contribution is -2.46. The number of amides is 1. The molecule has 0 aromatic heterocycles. The summed E-state index contributed by atoms with van der Waals surface area (Å²) in [7, 11) is 0. The van der Waals surface area contributed by atoms with E-state index in [4.69, 9.17) is 4.74 Å². The predicted molar refractivity (Wildman–Crippen MR) is 273 cm³/mol. The van der Waals surface area contributed by atoms with Crippen LogP contribution in [0.15, 0.2) is 97.2 Å². The van der Waals surface area contributed by atoms with Gasteiger partial charge in [-0.2, -0.15) is 0 Å². The van der Waals surface area contributed by atoms with E-state index in [-0.39, 0.29) is 24.9 Å². The summed E-state index contributed by atoms with van der Waals surface area (Å²) < 4.78 is 5.91. The lowest BCUT2D eigenvalue weighted by atomic mass is 10.0. The second-order valence-corrected chi connectivity index (χ2v) is 17.3. The molecule has 0 saturated heterocycles. The highest BCUT2D eigenvalue weighted by Gasteiger charge is 2.24. The monoisotopic (exact) mass is 876 g/mol. The van der Waals surface area contributed by atoms with Crippen molar-refractivity contribution in [1.29, 1.82) is 0 Å². The van der Waals surface area contributed by atoms with Crippen LogP contribution in [0.3, 0.4) is 0 Å². The minimum absolute atomic E-state index is 0.0384. The average molecular weight is 876 g/mol. The minimum atomic E-state index is -0.806. The molecule has 0 rings (SSSR count). The fraction of sp³-hybridized carbons (Fsp3) is 0.684. The molecule has 3 atom stereocenters. The number of unbranched alkanes of at least 4 members (excludes halogenated alkanes) is 21. The van der Waals surface area contributed by atoms with E-state index >= 15 is 0 Å². The highest BCUT2D eigenvalue weighted by atomic mass is 16.5. The summed E-state index contributed by atoms with van der Waals surface area (Å²) in [6.07, 6.45) is 66.0. The number of aliphatic hydroxyl groups is 2. The van der Waals surface area contributed by atoms with E-state index in [1.54, 1.807) is 0 Å². The highest BCUT2D eigenvalue weighted by molar-refractivity contribution is 5.77. The summed E-state index contributed by atoms with van der Waals surface area (Å²) in [5.74, 6) is -0.538. The Bertz CT molecular complexity index is 1260. The van der Waals surface area contributed by atoms with E-state index in [0.29, 0.717) is 19.3 Å². The Morgan fingerprint density at radius 3 is 1.48 bits per heavy atom. The molecule has 0 aliphatic rings. The van der Waals surface area contributed by atoms with E-state index in [1.165, 1.54) is 89.9 Å². The summed E-state index contributed by atoms with van der Waals surface area (Å²) in [6.45, 7) is 6.32. The van der Waals surface area contributed by atoms with E-state index in [1.807, 2.05) is 36.5 Å². The second kappa shape index (κ2) is 49.8. The molecule has 3 N–H and O–H groups in total. The van der Waals surface area contributed by atoms with Crippen molar-refractivity contribution in [1.82, 2.24) is 5.32 Å². The number of hydrogen-bond acceptors (Lipinski definition) is 5. The SMILES string of the molecule is CCC/C=C/C=C/C=C/C=C/C=C/CCCCCC(CC(=O)NC(CO)C(O)CCCCCCCCCCC)OC(=O)CCCCCCCC/C=C\C/C=C\C/C=C\CCCCC. The van der Waals surface area contributed by atoms with Gasteiger partial charge in [-0.1, -0.05) is 227 Å². The molecule has 63 heavy (non-hydrogen) atoms. The van der Waals surface area contributed by atoms with Gasteiger partial charge in [-0.25, -0.2) is 0 Å². The molecule has 6 heteroatoms. The zero-order valence-corrected chi connectivity index (χ0v) is 40.9. The van der Waals surface area contributed by atoms with Crippen LogP contribution >= 0.6 is 0 Å². The molecule has 6 nitrogen and oxygen atoms in total.